The molecular formula is C13H24N2O. The molecule has 3 nitrogen and oxygen atoms in total. The van der Waals surface area contributed by atoms with Gasteiger partial charge in [0.05, 0.1) is 5.41 Å². The fourth-order valence-corrected chi connectivity index (χ4v) is 3.26. The van der Waals surface area contributed by atoms with Crippen molar-refractivity contribution in [2.75, 3.05) is 13.1 Å². The molecule has 92 valence electrons. The molecule has 1 amide bonds. The maximum absolute atomic E-state index is 12.6. The van der Waals surface area contributed by atoms with Gasteiger partial charge < -0.3 is 10.6 Å². The van der Waals surface area contributed by atoms with Crippen LogP contribution in [0.25, 0.3) is 0 Å². The van der Waals surface area contributed by atoms with E-state index in [0.29, 0.717) is 18.5 Å². The van der Waals surface area contributed by atoms with Crippen LogP contribution in [-0.2, 0) is 4.79 Å². The number of nitrogens with zero attached hydrogens (tertiary/aromatic N) is 1. The zero-order chi connectivity index (χ0) is 11.6. The lowest BCUT2D eigenvalue weighted by atomic mass is 9.83. The van der Waals surface area contributed by atoms with Crippen molar-refractivity contribution in [2.24, 2.45) is 11.1 Å². The summed E-state index contributed by atoms with van der Waals surface area (Å²) < 4.78 is 0. The molecule has 1 aliphatic carbocycles. The molecule has 1 atom stereocenters. The summed E-state index contributed by atoms with van der Waals surface area (Å²) in [5.74, 6) is 0.347. The number of hydrogen-bond acceptors (Lipinski definition) is 2. The number of amides is 1. The van der Waals surface area contributed by atoms with Crippen molar-refractivity contribution in [1.82, 2.24) is 4.90 Å². The highest BCUT2D eigenvalue weighted by atomic mass is 16.2. The summed E-state index contributed by atoms with van der Waals surface area (Å²) in [4.78, 5) is 14.7. The molecule has 2 aliphatic rings. The Morgan fingerprint density at radius 3 is 2.56 bits per heavy atom. The second-order valence-corrected chi connectivity index (χ2v) is 5.53. The summed E-state index contributed by atoms with van der Waals surface area (Å²) in [6, 6.07) is 0.422. The van der Waals surface area contributed by atoms with Crippen LogP contribution in [-0.4, -0.2) is 29.9 Å². The minimum absolute atomic E-state index is 0.203. The second kappa shape index (κ2) is 4.74. The number of likely N-dealkylation sites (tertiary alicyclic amines) is 1. The first-order valence-corrected chi connectivity index (χ1v) is 6.71. The average molecular weight is 224 g/mol. The number of piperidine rings is 1. The van der Waals surface area contributed by atoms with E-state index in [2.05, 4.69) is 11.8 Å². The first-order chi connectivity index (χ1) is 7.69. The molecule has 1 unspecified atom stereocenters. The van der Waals surface area contributed by atoms with Crippen LogP contribution < -0.4 is 5.73 Å². The Hall–Kier alpha value is -0.570. The lowest BCUT2D eigenvalue weighted by Crippen LogP contribution is -2.51. The summed E-state index contributed by atoms with van der Waals surface area (Å²) in [6.45, 7) is 3.66. The molecule has 2 rings (SSSR count). The van der Waals surface area contributed by atoms with Crippen LogP contribution in [0, 0.1) is 5.41 Å². The summed E-state index contributed by atoms with van der Waals surface area (Å²) in [6.07, 6.45) is 7.94. The zero-order valence-electron chi connectivity index (χ0n) is 10.4. The molecule has 0 aromatic rings. The van der Waals surface area contributed by atoms with Gasteiger partial charge in [0.2, 0.25) is 5.91 Å². The smallest absolute Gasteiger partial charge is 0.230 e. The number of hydrogen-bond donors (Lipinski definition) is 1. The van der Waals surface area contributed by atoms with Crippen molar-refractivity contribution in [3.8, 4) is 0 Å². The molecule has 3 heteroatoms. The van der Waals surface area contributed by atoms with E-state index in [1.54, 1.807) is 0 Å². The van der Waals surface area contributed by atoms with E-state index in [0.717, 1.165) is 32.2 Å². The largest absolute Gasteiger partial charge is 0.339 e. The Bertz CT molecular complexity index is 259. The summed E-state index contributed by atoms with van der Waals surface area (Å²) in [7, 11) is 0. The lowest BCUT2D eigenvalue weighted by molar-refractivity contribution is -0.144. The van der Waals surface area contributed by atoms with E-state index in [4.69, 9.17) is 5.73 Å². The Morgan fingerprint density at radius 1 is 1.31 bits per heavy atom. The third-order valence-electron chi connectivity index (χ3n) is 4.47. The van der Waals surface area contributed by atoms with Crippen molar-refractivity contribution in [2.45, 2.75) is 57.9 Å². The van der Waals surface area contributed by atoms with Crippen LogP contribution in [0.1, 0.15) is 51.9 Å². The third kappa shape index (κ3) is 1.97. The lowest BCUT2D eigenvalue weighted by Gasteiger charge is -2.39. The maximum atomic E-state index is 12.6. The topological polar surface area (TPSA) is 46.3 Å². The summed E-state index contributed by atoms with van der Waals surface area (Å²) in [5, 5.41) is 0. The van der Waals surface area contributed by atoms with Crippen molar-refractivity contribution in [3.05, 3.63) is 0 Å². The number of nitrogens with two attached hydrogens (primary N) is 1. The maximum Gasteiger partial charge on any atom is 0.230 e. The molecule has 0 radical (unpaired) electrons. The number of carbonyl (C=O) groups is 1. The summed E-state index contributed by atoms with van der Waals surface area (Å²) >= 11 is 0. The summed E-state index contributed by atoms with van der Waals surface area (Å²) in [5.41, 5.74) is 5.67. The minimum Gasteiger partial charge on any atom is -0.339 e. The molecule has 16 heavy (non-hydrogen) atoms. The van der Waals surface area contributed by atoms with Crippen molar-refractivity contribution < 1.29 is 4.79 Å². The fraction of sp³-hybridized carbons (Fsp3) is 0.923. The molecule has 1 heterocycles. The van der Waals surface area contributed by atoms with E-state index in [9.17, 15) is 4.79 Å². The number of rotatable bonds is 2. The molecule has 2 fully saturated rings. The van der Waals surface area contributed by atoms with Crippen molar-refractivity contribution >= 4 is 5.91 Å². The van der Waals surface area contributed by atoms with Gasteiger partial charge in [0, 0.05) is 19.1 Å². The van der Waals surface area contributed by atoms with Crippen LogP contribution in [0.2, 0.25) is 0 Å². The quantitative estimate of drug-likeness (QED) is 0.778. The predicted molar refractivity (Wildman–Crippen MR) is 65.0 cm³/mol. The van der Waals surface area contributed by atoms with Gasteiger partial charge in [-0.2, -0.15) is 0 Å². The van der Waals surface area contributed by atoms with Gasteiger partial charge in [-0.3, -0.25) is 4.79 Å². The molecule has 2 N–H and O–H groups in total. The number of carbonyl (C=O) groups excluding carboxylic acids is 1. The van der Waals surface area contributed by atoms with Gasteiger partial charge in [-0.25, -0.2) is 0 Å². The molecule has 1 saturated carbocycles. The van der Waals surface area contributed by atoms with Crippen LogP contribution >= 0.6 is 0 Å². The van der Waals surface area contributed by atoms with Gasteiger partial charge >= 0.3 is 0 Å². The molecule has 0 aromatic carbocycles. The zero-order valence-corrected chi connectivity index (χ0v) is 10.4. The van der Waals surface area contributed by atoms with Gasteiger partial charge in [-0.1, -0.05) is 12.8 Å². The van der Waals surface area contributed by atoms with E-state index in [1.807, 2.05) is 0 Å². The van der Waals surface area contributed by atoms with E-state index >= 15 is 0 Å². The normalized spacial score (nSPS) is 29.4. The van der Waals surface area contributed by atoms with Gasteiger partial charge in [0.15, 0.2) is 0 Å². The highest BCUT2D eigenvalue weighted by molar-refractivity contribution is 5.83. The molecule has 1 saturated heterocycles. The SMILES string of the molecule is CC1CCCCN1C(=O)C1(CN)CCCC1. The first-order valence-electron chi connectivity index (χ1n) is 6.71. The standard InChI is InChI=1S/C13H24N2O/c1-11-6-2-5-9-15(11)12(16)13(10-14)7-3-4-8-13/h11H,2-10,14H2,1H3. The van der Waals surface area contributed by atoms with Crippen LogP contribution in [0.15, 0.2) is 0 Å². The van der Waals surface area contributed by atoms with Gasteiger partial charge in [0.1, 0.15) is 0 Å². The highest BCUT2D eigenvalue weighted by Gasteiger charge is 2.43. The Morgan fingerprint density at radius 2 is 2.00 bits per heavy atom. The van der Waals surface area contributed by atoms with Gasteiger partial charge in [0.25, 0.3) is 0 Å². The Kier molecular flexibility index (Phi) is 3.53. The van der Waals surface area contributed by atoms with E-state index < -0.39 is 0 Å². The molecule has 0 aromatic heterocycles. The van der Waals surface area contributed by atoms with Gasteiger partial charge in [-0.15, -0.1) is 0 Å². The van der Waals surface area contributed by atoms with E-state index in [-0.39, 0.29) is 5.41 Å². The fourth-order valence-electron chi connectivity index (χ4n) is 3.26. The third-order valence-corrected chi connectivity index (χ3v) is 4.47. The Balaban J connectivity index is 2.10. The molecular weight excluding hydrogens is 200 g/mol. The van der Waals surface area contributed by atoms with Crippen molar-refractivity contribution in [1.29, 1.82) is 0 Å². The van der Waals surface area contributed by atoms with E-state index in [1.165, 1.54) is 19.3 Å². The average Bonchev–Trinajstić information content (AvgIpc) is 2.78. The first kappa shape index (κ1) is 11.9. The minimum atomic E-state index is -0.203. The van der Waals surface area contributed by atoms with Crippen LogP contribution in [0.5, 0.6) is 0 Å². The van der Waals surface area contributed by atoms with Gasteiger partial charge in [-0.05, 0) is 39.0 Å². The van der Waals surface area contributed by atoms with Crippen molar-refractivity contribution in [3.63, 3.8) is 0 Å². The monoisotopic (exact) mass is 224 g/mol. The molecule has 1 aliphatic heterocycles. The molecule has 0 bridgehead atoms. The van der Waals surface area contributed by atoms with Crippen LogP contribution in [0.3, 0.4) is 0 Å². The predicted octanol–water partition coefficient (Wildman–Crippen LogP) is 1.91. The highest BCUT2D eigenvalue weighted by Crippen LogP contribution is 2.39. The second-order valence-electron chi connectivity index (χ2n) is 5.53. The van der Waals surface area contributed by atoms with Crippen LogP contribution in [0.4, 0.5) is 0 Å². The Labute approximate surface area is 98.4 Å². The molecule has 0 spiro atoms.